The number of esters is 1. The van der Waals surface area contributed by atoms with E-state index in [4.69, 9.17) is 4.74 Å². The Morgan fingerprint density at radius 3 is 2.43 bits per heavy atom. The fourth-order valence-electron chi connectivity index (χ4n) is 3.46. The summed E-state index contributed by atoms with van der Waals surface area (Å²) >= 11 is 0. The fraction of sp³-hybridized carbons (Fsp3) is 0.182. The number of carbonyl (C=O) groups is 1. The van der Waals surface area contributed by atoms with Gasteiger partial charge in [0, 0.05) is 17.5 Å². The van der Waals surface area contributed by atoms with E-state index in [9.17, 15) is 20.2 Å². The second-order valence-electron chi connectivity index (χ2n) is 6.22. The first-order chi connectivity index (χ1) is 13.6. The van der Waals surface area contributed by atoms with Gasteiger partial charge in [0.05, 0.1) is 17.6 Å². The van der Waals surface area contributed by atoms with Crippen molar-refractivity contribution in [1.82, 2.24) is 0 Å². The predicted molar refractivity (Wildman–Crippen MR) is 105 cm³/mol. The summed E-state index contributed by atoms with van der Waals surface area (Å²) in [5.74, 6) is -2.75. The Labute approximate surface area is 162 Å². The van der Waals surface area contributed by atoms with Crippen LogP contribution in [0.4, 0.5) is 5.69 Å². The van der Waals surface area contributed by atoms with Crippen molar-refractivity contribution in [1.29, 1.82) is 5.26 Å². The van der Waals surface area contributed by atoms with Crippen LogP contribution in [0.1, 0.15) is 24.0 Å². The highest BCUT2D eigenvalue weighted by Crippen LogP contribution is 2.40. The van der Waals surface area contributed by atoms with Crippen molar-refractivity contribution in [3.05, 3.63) is 88.0 Å². The second-order valence-corrected chi connectivity index (χ2v) is 6.22. The van der Waals surface area contributed by atoms with Gasteiger partial charge in [-0.05, 0) is 23.3 Å². The molecule has 0 aliphatic carbocycles. The molecule has 0 saturated heterocycles. The highest BCUT2D eigenvalue weighted by Gasteiger charge is 2.36. The van der Waals surface area contributed by atoms with E-state index in [2.05, 4.69) is 0 Å². The van der Waals surface area contributed by atoms with Crippen molar-refractivity contribution in [2.75, 3.05) is 6.61 Å². The number of hydrogen-bond donors (Lipinski definition) is 0. The zero-order valence-electron chi connectivity index (χ0n) is 15.2. The number of ether oxygens (including phenoxy) is 1. The molecule has 0 heterocycles. The quantitative estimate of drug-likeness (QED) is 0.357. The molecule has 2 atom stereocenters. The van der Waals surface area contributed by atoms with Gasteiger partial charge in [0.25, 0.3) is 5.69 Å². The lowest BCUT2D eigenvalue weighted by molar-refractivity contribution is -0.385. The molecule has 0 N–H and O–H groups in total. The van der Waals surface area contributed by atoms with E-state index in [-0.39, 0.29) is 12.3 Å². The molecule has 3 aromatic carbocycles. The maximum absolute atomic E-state index is 12.6. The largest absolute Gasteiger partial charge is 0.465 e. The van der Waals surface area contributed by atoms with Crippen LogP contribution in [-0.4, -0.2) is 17.5 Å². The molecule has 0 bridgehead atoms. The Hall–Kier alpha value is -3.72. The van der Waals surface area contributed by atoms with Gasteiger partial charge in [0.2, 0.25) is 0 Å². The van der Waals surface area contributed by atoms with Crippen LogP contribution in [-0.2, 0) is 9.53 Å². The molecular weight excluding hydrogens is 356 g/mol. The molecule has 0 saturated carbocycles. The molecule has 0 spiro atoms. The molecule has 0 aromatic heterocycles. The Morgan fingerprint density at radius 2 is 1.71 bits per heavy atom. The monoisotopic (exact) mass is 374 g/mol. The maximum Gasteiger partial charge on any atom is 0.324 e. The zero-order valence-corrected chi connectivity index (χ0v) is 15.2. The SMILES string of the molecule is CCOC(=O)C(C#N)C(c1ccccc1[N+](=O)[O-])c1cccc2ccccc12. The van der Waals surface area contributed by atoms with Crippen molar-refractivity contribution in [3.63, 3.8) is 0 Å². The van der Waals surface area contributed by atoms with Gasteiger partial charge in [-0.2, -0.15) is 5.26 Å². The van der Waals surface area contributed by atoms with Crippen molar-refractivity contribution >= 4 is 22.4 Å². The summed E-state index contributed by atoms with van der Waals surface area (Å²) in [6.45, 7) is 1.78. The number of benzene rings is 3. The third-order valence-electron chi connectivity index (χ3n) is 4.64. The Bertz CT molecular complexity index is 1070. The maximum atomic E-state index is 12.6. The molecule has 28 heavy (non-hydrogen) atoms. The predicted octanol–water partition coefficient (Wildman–Crippen LogP) is 4.58. The first kappa shape index (κ1) is 19.1. The molecule has 6 nitrogen and oxygen atoms in total. The molecule has 2 unspecified atom stereocenters. The average molecular weight is 374 g/mol. The molecule has 0 aliphatic rings. The number of nitriles is 1. The lowest BCUT2D eigenvalue weighted by Gasteiger charge is -2.23. The van der Waals surface area contributed by atoms with E-state index < -0.39 is 22.7 Å². The zero-order chi connectivity index (χ0) is 20.1. The normalized spacial score (nSPS) is 12.7. The number of para-hydroxylation sites is 1. The number of nitrogens with zero attached hydrogens (tertiary/aromatic N) is 2. The highest BCUT2D eigenvalue weighted by molar-refractivity contribution is 5.88. The van der Waals surface area contributed by atoms with Crippen LogP contribution in [0.15, 0.2) is 66.7 Å². The Kier molecular flexibility index (Phi) is 5.66. The fourth-order valence-corrected chi connectivity index (χ4v) is 3.46. The molecule has 0 amide bonds. The van der Waals surface area contributed by atoms with Gasteiger partial charge in [-0.1, -0.05) is 60.7 Å². The summed E-state index contributed by atoms with van der Waals surface area (Å²) in [4.78, 5) is 23.7. The Balaban J connectivity index is 2.31. The summed E-state index contributed by atoms with van der Waals surface area (Å²) in [5.41, 5.74) is 0.848. The van der Waals surface area contributed by atoms with E-state index in [1.807, 2.05) is 42.5 Å². The van der Waals surface area contributed by atoms with Gasteiger partial charge in [0.1, 0.15) is 0 Å². The number of carbonyl (C=O) groups excluding carboxylic acids is 1. The van der Waals surface area contributed by atoms with Gasteiger partial charge in [-0.15, -0.1) is 0 Å². The first-order valence-corrected chi connectivity index (χ1v) is 8.85. The van der Waals surface area contributed by atoms with Crippen molar-refractivity contribution in [2.45, 2.75) is 12.8 Å². The average Bonchev–Trinajstić information content (AvgIpc) is 2.71. The van der Waals surface area contributed by atoms with Gasteiger partial charge >= 0.3 is 5.97 Å². The molecule has 0 fully saturated rings. The first-order valence-electron chi connectivity index (χ1n) is 8.85. The minimum atomic E-state index is -1.22. The molecule has 0 radical (unpaired) electrons. The number of rotatable bonds is 6. The van der Waals surface area contributed by atoms with E-state index in [1.54, 1.807) is 31.2 Å². The third kappa shape index (κ3) is 3.55. The van der Waals surface area contributed by atoms with E-state index in [1.165, 1.54) is 6.07 Å². The van der Waals surface area contributed by atoms with Crippen molar-refractivity contribution in [2.24, 2.45) is 5.92 Å². The summed E-state index contributed by atoms with van der Waals surface area (Å²) in [6.07, 6.45) is 0. The minimum Gasteiger partial charge on any atom is -0.465 e. The molecule has 3 rings (SSSR count). The van der Waals surface area contributed by atoms with Gasteiger partial charge < -0.3 is 4.74 Å². The summed E-state index contributed by atoms with van der Waals surface area (Å²) in [6, 6.07) is 21.3. The van der Waals surface area contributed by atoms with Gasteiger partial charge in [0.15, 0.2) is 5.92 Å². The van der Waals surface area contributed by atoms with Crippen LogP contribution < -0.4 is 0 Å². The topological polar surface area (TPSA) is 93.2 Å². The number of nitro benzene ring substituents is 1. The molecule has 3 aromatic rings. The highest BCUT2D eigenvalue weighted by atomic mass is 16.6. The summed E-state index contributed by atoms with van der Waals surface area (Å²) in [7, 11) is 0. The molecule has 0 aliphatic heterocycles. The number of hydrogen-bond acceptors (Lipinski definition) is 5. The number of fused-ring (bicyclic) bond motifs is 1. The summed E-state index contributed by atoms with van der Waals surface area (Å²) < 4.78 is 5.10. The van der Waals surface area contributed by atoms with Crippen LogP contribution in [0.3, 0.4) is 0 Å². The standard InChI is InChI=1S/C22H18N2O4/c1-2-28-22(25)19(14-23)21(18-11-5-6-13-20(18)24(26)27)17-12-7-9-15-8-3-4-10-16(15)17/h3-13,19,21H,2H2,1H3. The third-order valence-corrected chi connectivity index (χ3v) is 4.64. The Morgan fingerprint density at radius 1 is 1.07 bits per heavy atom. The lowest BCUT2D eigenvalue weighted by atomic mass is 9.78. The van der Waals surface area contributed by atoms with Crippen LogP contribution in [0.2, 0.25) is 0 Å². The van der Waals surface area contributed by atoms with E-state index >= 15 is 0 Å². The van der Waals surface area contributed by atoms with Crippen LogP contribution in [0.25, 0.3) is 10.8 Å². The van der Waals surface area contributed by atoms with Crippen LogP contribution in [0, 0.1) is 27.4 Å². The number of nitro groups is 1. The minimum absolute atomic E-state index is 0.121. The van der Waals surface area contributed by atoms with Crippen LogP contribution in [0.5, 0.6) is 0 Å². The van der Waals surface area contributed by atoms with Crippen LogP contribution >= 0.6 is 0 Å². The molecule has 140 valence electrons. The van der Waals surface area contributed by atoms with Crippen molar-refractivity contribution in [3.8, 4) is 6.07 Å². The lowest BCUT2D eigenvalue weighted by Crippen LogP contribution is -2.25. The van der Waals surface area contributed by atoms with E-state index in [0.717, 1.165) is 10.8 Å². The molecule has 6 heteroatoms. The smallest absolute Gasteiger partial charge is 0.324 e. The molecular formula is C22H18N2O4. The van der Waals surface area contributed by atoms with E-state index in [0.29, 0.717) is 11.1 Å². The summed E-state index contributed by atoms with van der Waals surface area (Å²) in [5, 5.41) is 23.2. The van der Waals surface area contributed by atoms with Gasteiger partial charge in [-0.3, -0.25) is 14.9 Å². The van der Waals surface area contributed by atoms with Crippen molar-refractivity contribution < 1.29 is 14.5 Å². The van der Waals surface area contributed by atoms with Gasteiger partial charge in [-0.25, -0.2) is 0 Å². The second kappa shape index (κ2) is 8.31.